The second-order valence-electron chi connectivity index (χ2n) is 5.83. The van der Waals surface area contributed by atoms with E-state index in [2.05, 4.69) is 5.73 Å². The Morgan fingerprint density at radius 2 is 1.75 bits per heavy atom. The summed E-state index contributed by atoms with van der Waals surface area (Å²) in [6.07, 6.45) is 0.750. The molecule has 0 bridgehead atoms. The van der Waals surface area contributed by atoms with Gasteiger partial charge in [0.15, 0.2) is 5.43 Å². The Morgan fingerprint density at radius 3 is 2.46 bits per heavy atom. The Morgan fingerprint density at radius 1 is 1.04 bits per heavy atom. The Bertz CT molecular complexity index is 1210. The zero-order valence-corrected chi connectivity index (χ0v) is 14.5. The van der Waals surface area contributed by atoms with E-state index in [1.54, 1.807) is 30.3 Å². The van der Waals surface area contributed by atoms with Crippen LogP contribution in [-0.4, -0.2) is 22.5 Å². The lowest BCUT2D eigenvalue weighted by molar-refractivity contribution is 0.0697. The standard InChI is InChI=1S/C20H12O5.CH4N2/c21-11-5-7-15-17(9-11)25-18-10-12(22)6-8-16(18)19(15)13-3-1-2-4-14(13)20(23)24;2-1-3/h1-10,21H,(H,23,24);1H,(H3,2,3). The minimum absolute atomic E-state index is 0.0198. The highest BCUT2D eigenvalue weighted by Crippen LogP contribution is 2.41. The Labute approximate surface area is 159 Å². The lowest BCUT2D eigenvalue weighted by atomic mass is 9.91. The summed E-state index contributed by atoms with van der Waals surface area (Å²) in [5.41, 5.74) is 6.49. The van der Waals surface area contributed by atoms with Crippen LogP contribution in [0.1, 0.15) is 10.4 Å². The highest BCUT2D eigenvalue weighted by Gasteiger charge is 2.21. The van der Waals surface area contributed by atoms with Gasteiger partial charge in [0.25, 0.3) is 0 Å². The molecule has 28 heavy (non-hydrogen) atoms. The first-order chi connectivity index (χ1) is 13.5. The molecule has 0 saturated heterocycles. The van der Waals surface area contributed by atoms with Crippen LogP contribution in [-0.2, 0) is 0 Å². The second-order valence-corrected chi connectivity index (χ2v) is 5.83. The monoisotopic (exact) mass is 376 g/mol. The fourth-order valence-corrected chi connectivity index (χ4v) is 3.04. The Balaban J connectivity index is 0.000000706. The lowest BCUT2D eigenvalue weighted by Crippen LogP contribution is -2.03. The van der Waals surface area contributed by atoms with Crippen LogP contribution in [0.3, 0.4) is 0 Å². The molecule has 2 aromatic rings. The van der Waals surface area contributed by atoms with Crippen molar-refractivity contribution in [1.82, 2.24) is 0 Å². The van der Waals surface area contributed by atoms with Crippen molar-refractivity contribution in [3.05, 3.63) is 76.5 Å². The number of rotatable bonds is 2. The average Bonchev–Trinajstić information content (AvgIpc) is 2.66. The number of phenolic OH excluding ortho intramolecular Hbond substituents is 1. The third-order valence-electron chi connectivity index (χ3n) is 4.10. The number of fused-ring (bicyclic) bond motifs is 2. The normalized spacial score (nSPS) is 10.3. The van der Waals surface area contributed by atoms with Gasteiger partial charge in [0.2, 0.25) is 0 Å². The SMILES string of the molecule is N=CN.O=C(O)c1ccccc1-c1c2ccc(=O)cc-2oc2cc(O)ccc12. The van der Waals surface area contributed by atoms with E-state index in [4.69, 9.17) is 9.83 Å². The molecule has 0 aromatic heterocycles. The first-order valence-corrected chi connectivity index (χ1v) is 8.19. The number of nitrogens with one attached hydrogen (secondary N) is 1. The van der Waals surface area contributed by atoms with Crippen LogP contribution >= 0.6 is 0 Å². The molecule has 1 aliphatic carbocycles. The zero-order valence-electron chi connectivity index (χ0n) is 14.5. The van der Waals surface area contributed by atoms with Crippen molar-refractivity contribution in [2.24, 2.45) is 5.73 Å². The van der Waals surface area contributed by atoms with Crippen molar-refractivity contribution in [3.8, 4) is 28.2 Å². The number of hydrogen-bond donors (Lipinski definition) is 4. The van der Waals surface area contributed by atoms with Crippen LogP contribution in [0.25, 0.3) is 33.4 Å². The first kappa shape index (κ1) is 18.7. The number of aromatic carboxylic acids is 1. The summed E-state index contributed by atoms with van der Waals surface area (Å²) < 4.78 is 5.76. The quantitative estimate of drug-likeness (QED) is 0.240. The molecule has 1 heterocycles. The van der Waals surface area contributed by atoms with Crippen LogP contribution in [0.4, 0.5) is 0 Å². The number of aromatic hydroxyl groups is 1. The van der Waals surface area contributed by atoms with Crippen LogP contribution in [0.5, 0.6) is 5.75 Å². The summed E-state index contributed by atoms with van der Waals surface area (Å²) in [6.45, 7) is 0. The molecule has 140 valence electrons. The number of phenols is 1. The van der Waals surface area contributed by atoms with Crippen LogP contribution in [0.15, 0.2) is 69.9 Å². The minimum Gasteiger partial charge on any atom is -0.508 e. The van der Waals surface area contributed by atoms with E-state index in [1.807, 2.05) is 0 Å². The van der Waals surface area contributed by atoms with Crippen LogP contribution < -0.4 is 11.2 Å². The van der Waals surface area contributed by atoms with Crippen molar-refractivity contribution in [1.29, 1.82) is 5.41 Å². The molecule has 4 rings (SSSR count). The van der Waals surface area contributed by atoms with Gasteiger partial charge >= 0.3 is 5.97 Å². The van der Waals surface area contributed by atoms with E-state index in [9.17, 15) is 19.8 Å². The molecule has 2 aromatic carbocycles. The van der Waals surface area contributed by atoms with Crippen molar-refractivity contribution in [2.75, 3.05) is 0 Å². The van der Waals surface area contributed by atoms with Crippen molar-refractivity contribution >= 4 is 23.3 Å². The molecule has 0 atom stereocenters. The van der Waals surface area contributed by atoms with E-state index >= 15 is 0 Å². The third kappa shape index (κ3) is 3.41. The molecule has 0 unspecified atom stereocenters. The van der Waals surface area contributed by atoms with Gasteiger partial charge in [-0.05, 0) is 35.9 Å². The summed E-state index contributed by atoms with van der Waals surface area (Å²) in [7, 11) is 0. The van der Waals surface area contributed by atoms with Gasteiger partial charge in [-0.1, -0.05) is 18.2 Å². The molecule has 0 fully saturated rings. The molecule has 5 N–H and O–H groups in total. The van der Waals surface area contributed by atoms with Crippen LogP contribution in [0, 0.1) is 5.41 Å². The average molecular weight is 376 g/mol. The zero-order chi connectivity index (χ0) is 20.3. The maximum Gasteiger partial charge on any atom is 0.336 e. The Hall–Kier alpha value is -4.13. The number of carboxylic acid groups (broad SMARTS) is 1. The molecule has 0 amide bonds. The van der Waals surface area contributed by atoms with Crippen molar-refractivity contribution in [2.45, 2.75) is 0 Å². The van der Waals surface area contributed by atoms with Gasteiger partial charge in [0, 0.05) is 28.6 Å². The van der Waals surface area contributed by atoms with Gasteiger partial charge in [0.05, 0.1) is 11.9 Å². The molecule has 7 nitrogen and oxygen atoms in total. The number of carboxylic acids is 1. The highest BCUT2D eigenvalue weighted by atomic mass is 16.4. The van der Waals surface area contributed by atoms with Gasteiger partial charge in [-0.15, -0.1) is 0 Å². The maximum atomic E-state index is 11.7. The molecule has 7 heteroatoms. The summed E-state index contributed by atoms with van der Waals surface area (Å²) in [5.74, 6) is -0.691. The number of hydrogen-bond acceptors (Lipinski definition) is 5. The predicted octanol–water partition coefficient (Wildman–Crippen LogP) is 3.52. The molecule has 0 spiro atoms. The predicted molar refractivity (Wildman–Crippen MR) is 106 cm³/mol. The summed E-state index contributed by atoms with van der Waals surface area (Å²) in [4.78, 5) is 23.4. The van der Waals surface area contributed by atoms with Crippen LogP contribution in [0.2, 0.25) is 0 Å². The second kappa shape index (κ2) is 7.63. The molecule has 2 aliphatic rings. The van der Waals surface area contributed by atoms with E-state index in [-0.39, 0.29) is 16.7 Å². The van der Waals surface area contributed by atoms with Crippen molar-refractivity contribution in [3.63, 3.8) is 0 Å². The number of nitrogens with two attached hydrogens (primary N) is 1. The van der Waals surface area contributed by atoms with E-state index < -0.39 is 5.97 Å². The summed E-state index contributed by atoms with van der Waals surface area (Å²) >= 11 is 0. The highest BCUT2D eigenvalue weighted by molar-refractivity contribution is 6.07. The topological polar surface area (TPSA) is 138 Å². The fraction of sp³-hybridized carbons (Fsp3) is 0. The van der Waals surface area contributed by atoms with E-state index in [1.165, 1.54) is 30.3 Å². The lowest BCUT2D eigenvalue weighted by Gasteiger charge is -2.16. The summed E-state index contributed by atoms with van der Waals surface area (Å²) in [6, 6.07) is 15.7. The smallest absolute Gasteiger partial charge is 0.336 e. The summed E-state index contributed by atoms with van der Waals surface area (Å²) in [5, 5.41) is 25.8. The van der Waals surface area contributed by atoms with E-state index in [0.717, 1.165) is 6.34 Å². The molecular weight excluding hydrogens is 360 g/mol. The Kier molecular flexibility index (Phi) is 5.08. The fourth-order valence-electron chi connectivity index (χ4n) is 3.04. The third-order valence-corrected chi connectivity index (χ3v) is 4.10. The molecule has 0 saturated carbocycles. The van der Waals surface area contributed by atoms with Gasteiger partial charge in [-0.3, -0.25) is 10.2 Å². The minimum atomic E-state index is -1.04. The number of carbonyl (C=O) groups is 1. The molecular formula is C21H16N2O5. The van der Waals surface area contributed by atoms with Gasteiger partial charge in [-0.2, -0.15) is 0 Å². The molecule has 0 radical (unpaired) electrons. The van der Waals surface area contributed by atoms with Gasteiger partial charge in [-0.25, -0.2) is 4.79 Å². The first-order valence-electron chi connectivity index (χ1n) is 8.19. The van der Waals surface area contributed by atoms with Gasteiger partial charge in [0.1, 0.15) is 17.1 Å². The van der Waals surface area contributed by atoms with Gasteiger partial charge < -0.3 is 20.4 Å². The maximum absolute atomic E-state index is 11.7. The van der Waals surface area contributed by atoms with E-state index in [0.29, 0.717) is 33.4 Å². The van der Waals surface area contributed by atoms with Crippen molar-refractivity contribution < 1.29 is 19.4 Å². The largest absolute Gasteiger partial charge is 0.508 e. The molecule has 1 aliphatic heterocycles. The number of benzene rings is 3.